The number of nitrogens with zero attached hydrogens (tertiary/aromatic N) is 4. The highest BCUT2D eigenvalue weighted by Crippen LogP contribution is 2.41. The number of nitrogens with two attached hydrogens (primary N) is 1. The van der Waals surface area contributed by atoms with Crippen molar-refractivity contribution < 1.29 is 50.6 Å². The predicted octanol–water partition coefficient (Wildman–Crippen LogP) is 3.65. The summed E-state index contributed by atoms with van der Waals surface area (Å²) in [7, 11) is 0. The van der Waals surface area contributed by atoms with Gasteiger partial charge in [0.05, 0.1) is 24.2 Å². The molecule has 0 saturated carbocycles. The van der Waals surface area contributed by atoms with Crippen LogP contribution in [0.25, 0.3) is 11.3 Å². The van der Waals surface area contributed by atoms with Crippen LogP contribution in [0.3, 0.4) is 0 Å². The molecule has 3 aromatic rings. The fourth-order valence-electron chi connectivity index (χ4n) is 4.68. The highest BCUT2D eigenvalue weighted by atomic mass is 19.4. The molecule has 0 radical (unpaired) electrons. The number of amides is 1. The van der Waals surface area contributed by atoms with Crippen molar-refractivity contribution >= 4 is 29.2 Å². The van der Waals surface area contributed by atoms with Crippen LogP contribution in [0.5, 0.6) is 5.75 Å². The molecule has 1 saturated heterocycles. The summed E-state index contributed by atoms with van der Waals surface area (Å²) in [6, 6.07) is 10.3. The molecule has 1 amide bonds. The number of aromatic nitrogens is 2. The Morgan fingerprint density at radius 2 is 1.67 bits per heavy atom. The molecule has 0 bridgehead atoms. The summed E-state index contributed by atoms with van der Waals surface area (Å²) in [6.45, 7) is 5.90. The normalized spacial score (nSPS) is 15.3. The van der Waals surface area contributed by atoms with E-state index in [9.17, 15) is 41.0 Å². The zero-order chi connectivity index (χ0) is 33.2. The van der Waals surface area contributed by atoms with Crippen molar-refractivity contribution in [3.63, 3.8) is 0 Å². The fraction of sp³-hybridized carbons (Fsp3) is 0.357. The summed E-state index contributed by atoms with van der Waals surface area (Å²) in [6.07, 6.45) is -10.2. The first-order chi connectivity index (χ1) is 21.1. The number of anilines is 3. The minimum Gasteiger partial charge on any atom is -0.492 e. The number of hydrogen-bond acceptors (Lipinski definition) is 10. The highest BCUT2D eigenvalue weighted by molar-refractivity contribution is 5.88. The largest absolute Gasteiger partial charge is 0.493 e. The van der Waals surface area contributed by atoms with Crippen molar-refractivity contribution in [3.05, 3.63) is 59.8 Å². The molecule has 4 rings (SSSR count). The van der Waals surface area contributed by atoms with Gasteiger partial charge in [0.2, 0.25) is 0 Å². The molecule has 1 fully saturated rings. The molecule has 2 aromatic carbocycles. The van der Waals surface area contributed by atoms with Crippen molar-refractivity contribution in [2.75, 3.05) is 48.3 Å². The quantitative estimate of drug-likeness (QED) is 0.258. The van der Waals surface area contributed by atoms with Gasteiger partial charge in [0.15, 0.2) is 11.6 Å². The number of halogens is 6. The third kappa shape index (κ3) is 6.82. The van der Waals surface area contributed by atoms with Crippen molar-refractivity contribution in [3.8, 4) is 17.0 Å². The summed E-state index contributed by atoms with van der Waals surface area (Å²) in [5, 5.41) is 10.6. The van der Waals surface area contributed by atoms with Crippen molar-refractivity contribution in [2.24, 2.45) is 0 Å². The smallest absolute Gasteiger partial charge is 0.492 e. The maximum Gasteiger partial charge on any atom is 0.493 e. The molecule has 1 aliphatic heterocycles. The van der Waals surface area contributed by atoms with Crippen LogP contribution >= 0.6 is 0 Å². The Kier molecular flexibility index (Phi) is 9.32. The molecule has 1 aromatic heterocycles. The number of carbonyl (C=O) groups is 2. The van der Waals surface area contributed by atoms with E-state index in [0.717, 1.165) is 35.1 Å². The number of carbonyl (C=O) groups excluding carboxylic acids is 2. The van der Waals surface area contributed by atoms with Crippen LogP contribution in [0, 0.1) is 6.92 Å². The Morgan fingerprint density at radius 3 is 2.29 bits per heavy atom. The third-order valence-electron chi connectivity index (χ3n) is 7.00. The Bertz CT molecular complexity index is 1560. The topological polar surface area (TPSA) is 143 Å². The van der Waals surface area contributed by atoms with Crippen LogP contribution in [0.2, 0.25) is 0 Å². The number of hydrogen-bond donors (Lipinski definition) is 3. The Morgan fingerprint density at radius 1 is 1.02 bits per heavy atom. The molecule has 0 spiro atoms. The standard InChI is InChI=1S/C28H28F6N6O5/c1-3-44-21-7-5-4-6-20(21)39-10-12-40(13-11-39)23-22(35)36-15-19(37-23)18-14-17(9-8-16(18)2)26(43,28(32,33)34)24(41)38-45-25(42)27(29,30)31/h4-9,14-15,43H,3,10-13H2,1-2H3,(H2,35,36)(H,38,41). The Balaban J connectivity index is 1.62. The summed E-state index contributed by atoms with van der Waals surface area (Å²) in [5.74, 6) is -4.44. The molecule has 4 N–H and O–H groups in total. The Labute approximate surface area is 252 Å². The molecule has 0 aliphatic carbocycles. The maximum absolute atomic E-state index is 14.1. The highest BCUT2D eigenvalue weighted by Gasteiger charge is 2.61. The molecular weight excluding hydrogens is 614 g/mol. The van der Waals surface area contributed by atoms with Gasteiger partial charge in [0.25, 0.3) is 11.5 Å². The van der Waals surface area contributed by atoms with Crippen LogP contribution in [-0.4, -0.2) is 72.1 Å². The van der Waals surface area contributed by atoms with E-state index in [1.165, 1.54) is 13.1 Å². The lowest BCUT2D eigenvalue weighted by Gasteiger charge is -2.37. The molecule has 45 heavy (non-hydrogen) atoms. The zero-order valence-electron chi connectivity index (χ0n) is 23.9. The van der Waals surface area contributed by atoms with Crippen LogP contribution in [0.1, 0.15) is 18.1 Å². The second-order valence-electron chi connectivity index (χ2n) is 9.90. The van der Waals surface area contributed by atoms with Gasteiger partial charge in [0.1, 0.15) is 5.75 Å². The third-order valence-corrected chi connectivity index (χ3v) is 7.00. The van der Waals surface area contributed by atoms with E-state index >= 15 is 0 Å². The summed E-state index contributed by atoms with van der Waals surface area (Å²) in [5.41, 5.74) is 2.68. The van der Waals surface area contributed by atoms with E-state index in [4.69, 9.17) is 10.5 Å². The van der Waals surface area contributed by atoms with E-state index < -0.39 is 35.4 Å². The van der Waals surface area contributed by atoms with Crippen LogP contribution in [-0.2, 0) is 20.0 Å². The van der Waals surface area contributed by atoms with Gasteiger partial charge in [-0.2, -0.15) is 31.8 Å². The minimum absolute atomic E-state index is 0.00767. The first-order valence-corrected chi connectivity index (χ1v) is 13.4. The zero-order valence-corrected chi connectivity index (χ0v) is 23.9. The molecule has 242 valence electrons. The average molecular weight is 643 g/mol. The van der Waals surface area contributed by atoms with Crippen LogP contribution in [0.15, 0.2) is 48.7 Å². The van der Waals surface area contributed by atoms with Gasteiger partial charge in [-0.3, -0.25) is 4.79 Å². The SMILES string of the molecule is CCOc1ccccc1N1CCN(c2nc(-c3cc(C(O)(C(=O)NOC(=O)C(F)(F)F)C(F)(F)F)ccc3C)cnc2N)CC1. The molecule has 11 nitrogen and oxygen atoms in total. The second-order valence-corrected chi connectivity index (χ2v) is 9.90. The van der Waals surface area contributed by atoms with E-state index in [-0.39, 0.29) is 22.9 Å². The van der Waals surface area contributed by atoms with Gasteiger partial charge < -0.3 is 30.2 Å². The van der Waals surface area contributed by atoms with Gasteiger partial charge in [-0.05, 0) is 37.6 Å². The first-order valence-electron chi connectivity index (χ1n) is 13.4. The van der Waals surface area contributed by atoms with Crippen molar-refractivity contribution in [1.29, 1.82) is 0 Å². The lowest BCUT2D eigenvalue weighted by molar-refractivity contribution is -0.262. The molecule has 1 atom stereocenters. The van der Waals surface area contributed by atoms with E-state index in [1.807, 2.05) is 36.1 Å². The monoisotopic (exact) mass is 642 g/mol. The number of aliphatic hydroxyl groups is 1. The number of hydroxylamine groups is 1. The van der Waals surface area contributed by atoms with Crippen LogP contribution < -0.4 is 25.8 Å². The number of rotatable bonds is 7. The van der Waals surface area contributed by atoms with Gasteiger partial charge in [0, 0.05) is 37.3 Å². The fourth-order valence-corrected chi connectivity index (χ4v) is 4.68. The lowest BCUT2D eigenvalue weighted by Crippen LogP contribution is -2.55. The molecule has 2 heterocycles. The number of nitrogens with one attached hydrogen (secondary N) is 1. The van der Waals surface area contributed by atoms with Gasteiger partial charge in [-0.15, -0.1) is 0 Å². The van der Waals surface area contributed by atoms with Gasteiger partial charge >= 0.3 is 18.3 Å². The molecule has 1 unspecified atom stereocenters. The number of benzene rings is 2. The van der Waals surface area contributed by atoms with Crippen molar-refractivity contribution in [2.45, 2.75) is 31.8 Å². The number of ether oxygens (including phenoxy) is 1. The van der Waals surface area contributed by atoms with E-state index in [0.29, 0.717) is 38.3 Å². The maximum atomic E-state index is 14.1. The summed E-state index contributed by atoms with van der Waals surface area (Å²) >= 11 is 0. The Hall–Kier alpha value is -4.80. The molecule has 1 aliphatic rings. The summed E-state index contributed by atoms with van der Waals surface area (Å²) < 4.78 is 85.3. The summed E-state index contributed by atoms with van der Waals surface area (Å²) in [4.78, 5) is 39.4. The van der Waals surface area contributed by atoms with Gasteiger partial charge in [-0.25, -0.2) is 14.8 Å². The first kappa shape index (κ1) is 33.1. The van der Waals surface area contributed by atoms with Crippen molar-refractivity contribution in [1.82, 2.24) is 15.4 Å². The lowest BCUT2D eigenvalue weighted by atomic mass is 9.89. The molecular formula is C28H28F6N6O5. The predicted molar refractivity (Wildman–Crippen MR) is 149 cm³/mol. The number of alkyl halides is 6. The van der Waals surface area contributed by atoms with E-state index in [2.05, 4.69) is 19.7 Å². The number of para-hydroxylation sites is 2. The number of aryl methyl sites for hydroxylation is 1. The number of nitrogen functional groups attached to an aromatic ring is 1. The molecule has 17 heteroatoms. The van der Waals surface area contributed by atoms with Crippen LogP contribution in [0.4, 0.5) is 43.7 Å². The average Bonchev–Trinajstić information content (AvgIpc) is 2.99. The number of piperazine rings is 1. The minimum atomic E-state index is -5.76. The second kappa shape index (κ2) is 12.7. The van der Waals surface area contributed by atoms with E-state index in [1.54, 1.807) is 0 Å². The van der Waals surface area contributed by atoms with Gasteiger partial charge in [-0.1, -0.05) is 24.3 Å².